The van der Waals surface area contributed by atoms with Crippen LogP contribution in [0.1, 0.15) is 32.1 Å². The number of rotatable bonds is 6. The lowest BCUT2D eigenvalue weighted by Gasteiger charge is -2.36. The fourth-order valence-electron chi connectivity index (χ4n) is 2.29. The van der Waals surface area contributed by atoms with Crippen LogP contribution in [0, 0.1) is 0 Å². The van der Waals surface area contributed by atoms with Crippen LogP contribution in [-0.4, -0.2) is 42.9 Å². The summed E-state index contributed by atoms with van der Waals surface area (Å²) in [6.07, 6.45) is 1.08. The fourth-order valence-corrected chi connectivity index (χ4v) is 6.68. The molecule has 21 heavy (non-hydrogen) atoms. The fraction of sp³-hybridized carbons (Fsp3) is 0.714. The third-order valence-corrected chi connectivity index (χ3v) is 8.04. The van der Waals surface area contributed by atoms with Crippen LogP contribution < -0.4 is 5.32 Å². The molecule has 0 unspecified atom stereocenters. The second-order valence-electron chi connectivity index (χ2n) is 5.84. The van der Waals surface area contributed by atoms with Gasteiger partial charge < -0.3 is 5.32 Å². The summed E-state index contributed by atoms with van der Waals surface area (Å²) in [5.74, 6) is 0.864. The van der Waals surface area contributed by atoms with E-state index in [-0.39, 0.29) is 4.75 Å². The van der Waals surface area contributed by atoms with Crippen molar-refractivity contribution in [3.05, 3.63) is 17.0 Å². The molecule has 0 aliphatic carbocycles. The van der Waals surface area contributed by atoms with Gasteiger partial charge in [-0.2, -0.15) is 16.1 Å². The normalized spacial score (nSPS) is 19.8. The highest BCUT2D eigenvalue weighted by Gasteiger charge is 2.35. The lowest BCUT2D eigenvalue weighted by Crippen LogP contribution is -2.45. The number of thioether (sulfide) groups is 1. The van der Waals surface area contributed by atoms with E-state index in [1.54, 1.807) is 10.4 Å². The molecular formula is C14H24N2O2S3. The van der Waals surface area contributed by atoms with E-state index in [2.05, 4.69) is 26.1 Å². The van der Waals surface area contributed by atoms with E-state index in [1.165, 1.54) is 11.3 Å². The first-order chi connectivity index (χ1) is 9.85. The average molecular weight is 349 g/mol. The Hall–Kier alpha value is -0.0800. The molecule has 1 aromatic rings. The lowest BCUT2D eigenvalue weighted by atomic mass is 10.2. The highest BCUT2D eigenvalue weighted by Crippen LogP contribution is 2.34. The molecule has 0 spiro atoms. The molecule has 0 aromatic carbocycles. The minimum Gasteiger partial charge on any atom is -0.312 e. The Balaban J connectivity index is 2.09. The molecule has 0 saturated carbocycles. The Kier molecular flexibility index (Phi) is 5.76. The van der Waals surface area contributed by atoms with Gasteiger partial charge in [0.2, 0.25) is 0 Å². The first-order valence-electron chi connectivity index (χ1n) is 7.29. The van der Waals surface area contributed by atoms with Crippen LogP contribution in [0.4, 0.5) is 0 Å². The molecular weight excluding hydrogens is 324 g/mol. The molecule has 4 nitrogen and oxygen atoms in total. The van der Waals surface area contributed by atoms with Crippen molar-refractivity contribution in [3.63, 3.8) is 0 Å². The predicted molar refractivity (Wildman–Crippen MR) is 91.6 cm³/mol. The zero-order valence-corrected chi connectivity index (χ0v) is 15.3. The zero-order valence-electron chi connectivity index (χ0n) is 12.9. The summed E-state index contributed by atoms with van der Waals surface area (Å²) in [6.45, 7) is 9.22. The van der Waals surface area contributed by atoms with Gasteiger partial charge in [0, 0.05) is 35.0 Å². The van der Waals surface area contributed by atoms with E-state index in [4.69, 9.17) is 0 Å². The summed E-state index contributed by atoms with van der Waals surface area (Å²) < 4.78 is 27.6. The Labute approximate surface area is 136 Å². The van der Waals surface area contributed by atoms with Gasteiger partial charge in [-0.05, 0) is 38.9 Å². The van der Waals surface area contributed by atoms with Gasteiger partial charge in [-0.1, -0.05) is 6.92 Å². The van der Waals surface area contributed by atoms with Crippen LogP contribution in [0.25, 0.3) is 0 Å². The van der Waals surface area contributed by atoms with Crippen molar-refractivity contribution in [2.75, 3.05) is 25.4 Å². The zero-order chi connectivity index (χ0) is 15.5. The van der Waals surface area contributed by atoms with Crippen LogP contribution in [0.5, 0.6) is 0 Å². The lowest BCUT2D eigenvalue weighted by molar-refractivity contribution is 0.388. The predicted octanol–water partition coefficient (Wildman–Crippen LogP) is 2.76. The van der Waals surface area contributed by atoms with Crippen molar-refractivity contribution in [3.8, 4) is 0 Å². The van der Waals surface area contributed by atoms with Crippen molar-refractivity contribution < 1.29 is 8.42 Å². The van der Waals surface area contributed by atoms with E-state index in [0.717, 1.165) is 30.1 Å². The van der Waals surface area contributed by atoms with Gasteiger partial charge >= 0.3 is 0 Å². The molecule has 7 heteroatoms. The first kappa shape index (κ1) is 17.3. The van der Waals surface area contributed by atoms with Crippen molar-refractivity contribution in [2.24, 2.45) is 0 Å². The molecule has 0 atom stereocenters. The Morgan fingerprint density at radius 3 is 2.81 bits per heavy atom. The number of thiophene rings is 1. The molecule has 0 radical (unpaired) electrons. The monoisotopic (exact) mass is 348 g/mol. The second-order valence-corrected chi connectivity index (χ2v) is 11.0. The third kappa shape index (κ3) is 4.45. The van der Waals surface area contributed by atoms with Crippen LogP contribution in [0.15, 0.2) is 16.3 Å². The van der Waals surface area contributed by atoms with Gasteiger partial charge in [-0.3, -0.25) is 0 Å². The van der Waals surface area contributed by atoms with Gasteiger partial charge in [0.15, 0.2) is 0 Å². The Bertz CT molecular complexity index is 567. The SMILES string of the molecule is CCCNCc1ccc(S(=O)(=O)N2CCSC(C)(C)C2)s1. The van der Waals surface area contributed by atoms with E-state index in [1.807, 2.05) is 17.8 Å². The van der Waals surface area contributed by atoms with Gasteiger partial charge in [-0.15, -0.1) is 11.3 Å². The second kappa shape index (κ2) is 7.00. The standard InChI is InChI=1S/C14H24N2O2S3/c1-4-7-15-10-12-5-6-13(20-12)21(17,18)16-8-9-19-14(2,3)11-16/h5-6,15H,4,7-11H2,1-3H3. The average Bonchev–Trinajstić information content (AvgIpc) is 2.87. The molecule has 0 bridgehead atoms. The van der Waals surface area contributed by atoms with E-state index < -0.39 is 10.0 Å². The minimum atomic E-state index is -3.33. The molecule has 2 heterocycles. The summed E-state index contributed by atoms with van der Waals surface area (Å²) in [7, 11) is -3.33. The Morgan fingerprint density at radius 1 is 1.38 bits per heavy atom. The van der Waals surface area contributed by atoms with Gasteiger partial charge in [0.1, 0.15) is 4.21 Å². The van der Waals surface area contributed by atoms with Gasteiger partial charge in [-0.25, -0.2) is 8.42 Å². The molecule has 2 rings (SSSR count). The maximum atomic E-state index is 12.7. The quantitative estimate of drug-likeness (QED) is 0.803. The van der Waals surface area contributed by atoms with Gasteiger partial charge in [0.05, 0.1) is 0 Å². The number of hydrogen-bond acceptors (Lipinski definition) is 5. The summed E-state index contributed by atoms with van der Waals surface area (Å²) in [6, 6.07) is 3.67. The third-order valence-electron chi connectivity index (χ3n) is 3.35. The van der Waals surface area contributed by atoms with Crippen molar-refractivity contribution >= 4 is 33.1 Å². The van der Waals surface area contributed by atoms with Crippen LogP contribution in [0.2, 0.25) is 0 Å². The summed E-state index contributed by atoms with van der Waals surface area (Å²) >= 11 is 3.23. The van der Waals surface area contributed by atoms with E-state index >= 15 is 0 Å². The van der Waals surface area contributed by atoms with Gasteiger partial charge in [0.25, 0.3) is 10.0 Å². The molecule has 1 saturated heterocycles. The molecule has 0 amide bonds. The van der Waals surface area contributed by atoms with E-state index in [0.29, 0.717) is 17.3 Å². The van der Waals surface area contributed by atoms with Crippen LogP contribution in [0.3, 0.4) is 0 Å². The number of sulfonamides is 1. The van der Waals surface area contributed by atoms with Crippen molar-refractivity contribution in [1.29, 1.82) is 0 Å². The molecule has 1 N–H and O–H groups in total. The summed E-state index contributed by atoms with van der Waals surface area (Å²) in [5, 5.41) is 3.31. The molecule has 120 valence electrons. The van der Waals surface area contributed by atoms with Crippen molar-refractivity contribution in [1.82, 2.24) is 9.62 Å². The summed E-state index contributed by atoms with van der Waals surface area (Å²) in [4.78, 5) is 1.08. The van der Waals surface area contributed by atoms with Crippen LogP contribution >= 0.6 is 23.1 Å². The summed E-state index contributed by atoms with van der Waals surface area (Å²) in [5.41, 5.74) is 0. The minimum absolute atomic E-state index is 0.00586. The largest absolute Gasteiger partial charge is 0.312 e. The van der Waals surface area contributed by atoms with Crippen molar-refractivity contribution in [2.45, 2.75) is 42.7 Å². The molecule has 1 aliphatic heterocycles. The maximum Gasteiger partial charge on any atom is 0.252 e. The topological polar surface area (TPSA) is 49.4 Å². The molecule has 1 aliphatic rings. The van der Waals surface area contributed by atoms with E-state index in [9.17, 15) is 8.42 Å². The Morgan fingerprint density at radius 2 is 2.14 bits per heavy atom. The highest BCUT2D eigenvalue weighted by molar-refractivity contribution is 8.00. The molecule has 1 fully saturated rings. The highest BCUT2D eigenvalue weighted by atomic mass is 32.2. The smallest absolute Gasteiger partial charge is 0.252 e. The number of nitrogens with one attached hydrogen (secondary N) is 1. The first-order valence-corrected chi connectivity index (χ1v) is 10.5. The molecule has 1 aromatic heterocycles. The van der Waals surface area contributed by atoms with Crippen LogP contribution in [-0.2, 0) is 16.6 Å². The number of nitrogens with zero attached hydrogens (tertiary/aromatic N) is 1. The maximum absolute atomic E-state index is 12.7. The number of hydrogen-bond donors (Lipinski definition) is 1.